The second-order valence-electron chi connectivity index (χ2n) is 3.36. The maximum Gasteiger partial charge on any atom is 0.469 e. The van der Waals surface area contributed by atoms with E-state index < -0.39 is 7.82 Å². The summed E-state index contributed by atoms with van der Waals surface area (Å²) in [6.07, 6.45) is 0. The third kappa shape index (κ3) is 69.6. The van der Waals surface area contributed by atoms with Gasteiger partial charge in [0.1, 0.15) is 0 Å². The summed E-state index contributed by atoms with van der Waals surface area (Å²) < 4.78 is 14.1. The Morgan fingerprint density at radius 3 is 1.27 bits per heavy atom. The van der Waals surface area contributed by atoms with E-state index in [1.165, 1.54) is 0 Å². The van der Waals surface area contributed by atoms with Crippen LogP contribution in [-0.2, 0) is 9.09 Å². The molecule has 0 unspecified atom stereocenters. The van der Waals surface area contributed by atoms with Crippen LogP contribution in [-0.4, -0.2) is 49.6 Å². The van der Waals surface area contributed by atoms with Gasteiger partial charge in [0.25, 0.3) is 0 Å². The minimum absolute atomic E-state index is 0.945. The van der Waals surface area contributed by atoms with Crippen LogP contribution < -0.4 is 0 Å². The van der Waals surface area contributed by atoms with Crippen molar-refractivity contribution in [3.05, 3.63) is 0 Å². The number of hydrogen-bond donors (Lipinski definition) is 2. The van der Waals surface area contributed by atoms with Gasteiger partial charge in [0.15, 0.2) is 0 Å². The summed E-state index contributed by atoms with van der Waals surface area (Å²) in [6.45, 7) is 0. The lowest BCUT2D eigenvalue weighted by Crippen LogP contribution is -2.27. The van der Waals surface area contributed by atoms with E-state index in [1.54, 1.807) is 0 Å². The van der Waals surface area contributed by atoms with Gasteiger partial charge in [-0.1, -0.05) is 0 Å². The zero-order valence-electron chi connectivity index (χ0n) is 7.61. The predicted octanol–water partition coefficient (Wildman–Crippen LogP) is 0.0479. The largest absolute Gasteiger partial charge is 0.469 e. The average Bonchev–Trinajstić information content (AvgIpc) is 1.59. The van der Waals surface area contributed by atoms with E-state index in [0.29, 0.717) is 0 Å². The second kappa shape index (κ2) is 4.85. The minimum Gasteiger partial charge on any atom is -0.333 e. The van der Waals surface area contributed by atoms with Gasteiger partial charge >= 0.3 is 7.82 Å². The zero-order valence-corrected chi connectivity index (χ0v) is 8.50. The van der Waals surface area contributed by atoms with E-state index >= 15 is 0 Å². The molecule has 0 bridgehead atoms. The maximum atomic E-state index is 9.47. The first-order valence-corrected chi connectivity index (χ1v) is 4.49. The fraction of sp³-hybridized carbons (Fsp3) is 1.00. The van der Waals surface area contributed by atoms with Gasteiger partial charge in [-0.05, 0) is 0 Å². The van der Waals surface area contributed by atoms with Crippen molar-refractivity contribution in [1.82, 2.24) is 0 Å². The average molecular weight is 186 g/mol. The maximum absolute atomic E-state index is 9.47. The Balaban J connectivity index is 0. The lowest BCUT2D eigenvalue weighted by atomic mass is 10.8. The van der Waals surface area contributed by atoms with Crippen LogP contribution in [0.15, 0.2) is 0 Å². The molecule has 5 nitrogen and oxygen atoms in total. The molecule has 0 aromatic rings. The summed E-state index contributed by atoms with van der Waals surface area (Å²) in [5, 5.41) is 0. The molecule has 0 fully saturated rings. The van der Waals surface area contributed by atoms with Crippen molar-refractivity contribution in [3.8, 4) is 0 Å². The minimum atomic E-state index is -4.15. The Morgan fingerprint density at radius 1 is 1.18 bits per heavy atom. The number of nitrogens with zero attached hydrogens (tertiary/aromatic N) is 1. The lowest BCUT2D eigenvalue weighted by Gasteiger charge is -2.14. The second-order valence-corrected chi connectivity index (χ2v) is 4.70. The van der Waals surface area contributed by atoms with Crippen molar-refractivity contribution in [3.63, 3.8) is 0 Å². The van der Waals surface area contributed by atoms with Crippen LogP contribution in [0.5, 0.6) is 0 Å². The molecule has 0 aliphatic heterocycles. The highest BCUT2D eigenvalue weighted by molar-refractivity contribution is 7.46. The van der Waals surface area contributed by atoms with Crippen molar-refractivity contribution >= 4 is 7.82 Å². The molecule has 0 saturated heterocycles. The third-order valence-electron chi connectivity index (χ3n) is 0.238. The van der Waals surface area contributed by atoms with E-state index in [2.05, 4.69) is 32.7 Å². The molecule has 0 rings (SSSR count). The van der Waals surface area contributed by atoms with Gasteiger partial charge < -0.3 is 14.3 Å². The standard InChI is InChI=1S/C4H12N.CH5O4P/c1-5(2,3)4;1-5-6(2,3)4/h1-4H3;1H3,(H2,2,3,4)/q+1;. The molecule has 70 valence electrons. The molecular weight excluding hydrogens is 169 g/mol. The Labute approximate surface area is 67.4 Å². The van der Waals surface area contributed by atoms with Crippen LogP contribution in [0.3, 0.4) is 0 Å². The molecule has 0 spiro atoms. The number of phosphoric acid groups is 1. The first-order chi connectivity index (χ1) is 4.56. The quantitative estimate of drug-likeness (QED) is 0.448. The molecule has 0 amide bonds. The molecule has 0 atom stereocenters. The molecule has 0 aromatic heterocycles. The number of phosphoric ester groups is 1. The Morgan fingerprint density at radius 2 is 1.27 bits per heavy atom. The molecule has 0 aliphatic carbocycles. The summed E-state index contributed by atoms with van der Waals surface area (Å²) in [5.41, 5.74) is 0. The Kier molecular flexibility index (Phi) is 6.02. The van der Waals surface area contributed by atoms with Crippen molar-refractivity contribution in [2.75, 3.05) is 35.3 Å². The van der Waals surface area contributed by atoms with Gasteiger partial charge in [-0.2, -0.15) is 0 Å². The van der Waals surface area contributed by atoms with Crippen LogP contribution in [0.25, 0.3) is 0 Å². The number of hydrogen-bond acceptors (Lipinski definition) is 2. The number of rotatable bonds is 1. The fourth-order valence-corrected chi connectivity index (χ4v) is 0. The molecule has 11 heavy (non-hydrogen) atoms. The van der Waals surface area contributed by atoms with Crippen molar-refractivity contribution in [2.24, 2.45) is 0 Å². The van der Waals surface area contributed by atoms with Gasteiger partial charge in [0.05, 0.1) is 28.2 Å². The van der Waals surface area contributed by atoms with Crippen LogP contribution in [0, 0.1) is 0 Å². The van der Waals surface area contributed by atoms with Crippen molar-refractivity contribution in [1.29, 1.82) is 0 Å². The van der Waals surface area contributed by atoms with E-state index in [-0.39, 0.29) is 0 Å². The number of quaternary nitrogens is 1. The molecular formula is C5H17NO4P+. The fourth-order valence-electron chi connectivity index (χ4n) is 0. The zero-order chi connectivity index (χ0) is 9.71. The molecule has 6 heteroatoms. The topological polar surface area (TPSA) is 66.8 Å². The summed E-state index contributed by atoms with van der Waals surface area (Å²) in [5.74, 6) is 0. The first kappa shape index (κ1) is 13.6. The monoisotopic (exact) mass is 186 g/mol. The Bertz CT molecular complexity index is 130. The highest BCUT2D eigenvalue weighted by Gasteiger charge is 2.07. The van der Waals surface area contributed by atoms with Crippen molar-refractivity contribution in [2.45, 2.75) is 0 Å². The summed E-state index contributed by atoms with van der Waals surface area (Å²) in [7, 11) is 5.30. The van der Waals surface area contributed by atoms with E-state index in [1.807, 2.05) is 0 Å². The van der Waals surface area contributed by atoms with Gasteiger partial charge in [-0.15, -0.1) is 0 Å². The van der Waals surface area contributed by atoms with E-state index in [9.17, 15) is 4.57 Å². The van der Waals surface area contributed by atoms with Crippen LogP contribution in [0.4, 0.5) is 0 Å². The van der Waals surface area contributed by atoms with Gasteiger partial charge in [-0.3, -0.25) is 4.52 Å². The summed E-state index contributed by atoms with van der Waals surface area (Å²) in [4.78, 5) is 15.4. The third-order valence-corrected chi connectivity index (χ3v) is 0.714. The highest BCUT2D eigenvalue weighted by atomic mass is 31.2. The predicted molar refractivity (Wildman–Crippen MR) is 43.0 cm³/mol. The molecule has 0 heterocycles. The summed E-state index contributed by atoms with van der Waals surface area (Å²) in [6, 6.07) is 0. The molecule has 2 N–H and O–H groups in total. The lowest BCUT2D eigenvalue weighted by molar-refractivity contribution is -0.849. The molecule has 0 radical (unpaired) electrons. The molecule has 0 aliphatic rings. The SMILES string of the molecule is COP(=O)(O)O.C[N+](C)(C)C. The van der Waals surface area contributed by atoms with Crippen LogP contribution >= 0.6 is 7.82 Å². The van der Waals surface area contributed by atoms with Crippen LogP contribution in [0.1, 0.15) is 0 Å². The molecule has 0 aromatic carbocycles. The summed E-state index contributed by atoms with van der Waals surface area (Å²) >= 11 is 0. The van der Waals surface area contributed by atoms with E-state index in [4.69, 9.17) is 9.79 Å². The highest BCUT2D eigenvalue weighted by Crippen LogP contribution is 2.33. The molecule has 0 saturated carbocycles. The first-order valence-electron chi connectivity index (χ1n) is 2.96. The normalized spacial score (nSPS) is 11.9. The van der Waals surface area contributed by atoms with Gasteiger partial charge in [-0.25, -0.2) is 4.57 Å². The van der Waals surface area contributed by atoms with Crippen LogP contribution in [0.2, 0.25) is 0 Å². The smallest absolute Gasteiger partial charge is 0.333 e. The van der Waals surface area contributed by atoms with E-state index in [0.717, 1.165) is 11.6 Å². The van der Waals surface area contributed by atoms with Crippen molar-refractivity contribution < 1.29 is 23.4 Å². The van der Waals surface area contributed by atoms with Gasteiger partial charge in [0.2, 0.25) is 0 Å². The van der Waals surface area contributed by atoms with Gasteiger partial charge in [0, 0.05) is 7.11 Å². The Hall–Kier alpha value is 0.0700.